The molecule has 0 aliphatic heterocycles. The fraction of sp³-hybridized carbons (Fsp3) is 0.429. The fourth-order valence-corrected chi connectivity index (χ4v) is 2.85. The Balaban J connectivity index is 0.00000180. The van der Waals surface area contributed by atoms with Crippen LogP contribution in [0.5, 0.6) is 0 Å². The van der Waals surface area contributed by atoms with Crippen LogP contribution in [0.25, 0.3) is 0 Å². The van der Waals surface area contributed by atoms with E-state index in [9.17, 15) is 19.8 Å². The minimum Gasteiger partial charge on any atom is -0.872 e. The van der Waals surface area contributed by atoms with Crippen LogP contribution in [0.2, 0.25) is 0 Å². The summed E-state index contributed by atoms with van der Waals surface area (Å²) in [5, 5.41) is 22.7. The molecule has 0 amide bonds. The molecule has 0 aromatic rings. The first-order valence-corrected chi connectivity index (χ1v) is 5.87. The summed E-state index contributed by atoms with van der Waals surface area (Å²) in [6.45, 7) is 3.26. The third kappa shape index (κ3) is 2.57. The van der Waals surface area contributed by atoms with Crippen LogP contribution in [0.3, 0.4) is 0 Å². The average Bonchev–Trinajstić information content (AvgIpc) is 2.28. The molecular weight excluding hydrogens is 255 g/mol. The minimum absolute atomic E-state index is 0. The van der Waals surface area contributed by atoms with Gasteiger partial charge in [0.15, 0.2) is 5.78 Å². The van der Waals surface area contributed by atoms with Gasteiger partial charge in [0.25, 0.3) is 0 Å². The summed E-state index contributed by atoms with van der Waals surface area (Å²) in [5.74, 6) is -2.04. The van der Waals surface area contributed by atoms with E-state index in [1.54, 1.807) is 26.0 Å². The summed E-state index contributed by atoms with van der Waals surface area (Å²) >= 11 is 0. The number of carbonyl (C=O) groups is 2. The van der Waals surface area contributed by atoms with Crippen molar-refractivity contribution in [3.63, 3.8) is 0 Å². The second-order valence-corrected chi connectivity index (χ2v) is 5.02. The Bertz CT molecular complexity index is 516. The van der Waals surface area contributed by atoms with Crippen LogP contribution in [0.15, 0.2) is 35.1 Å². The van der Waals surface area contributed by atoms with Crippen LogP contribution in [0.4, 0.5) is 0 Å². The first kappa shape index (κ1) is 16.2. The maximum Gasteiger partial charge on any atom is 1.00 e. The number of carboxylic acids is 1. The van der Waals surface area contributed by atoms with Gasteiger partial charge in [0, 0.05) is 5.97 Å². The Morgan fingerprint density at radius 3 is 2.74 bits per heavy atom. The third-order valence-corrected chi connectivity index (χ3v) is 3.92. The number of carboxylic acid groups (broad SMARTS) is 1. The van der Waals surface area contributed by atoms with E-state index in [2.05, 4.69) is 0 Å². The molecule has 0 heterocycles. The molecule has 19 heavy (non-hydrogen) atoms. The van der Waals surface area contributed by atoms with E-state index >= 15 is 0 Å². The molecule has 0 N–H and O–H groups in total. The second kappa shape index (κ2) is 5.65. The van der Waals surface area contributed by atoms with Crippen LogP contribution in [0, 0.1) is 11.3 Å². The largest absolute Gasteiger partial charge is 1.00 e. The van der Waals surface area contributed by atoms with Gasteiger partial charge in [0.1, 0.15) is 0 Å². The van der Waals surface area contributed by atoms with Crippen molar-refractivity contribution in [1.29, 1.82) is 0 Å². The van der Waals surface area contributed by atoms with Crippen LogP contribution < -0.4 is 39.8 Å². The first-order chi connectivity index (χ1) is 8.37. The summed E-state index contributed by atoms with van der Waals surface area (Å²) in [6.07, 6.45) is 4.97. The van der Waals surface area contributed by atoms with E-state index in [1.807, 2.05) is 0 Å². The molecule has 2 rings (SSSR count). The Kier molecular flexibility index (Phi) is 4.82. The molecule has 2 atom stereocenters. The predicted molar refractivity (Wildman–Crippen MR) is 60.8 cm³/mol. The predicted octanol–water partition coefficient (Wildman–Crippen LogP) is -3.14. The Morgan fingerprint density at radius 2 is 2.16 bits per heavy atom. The minimum atomic E-state index is -1.21. The molecule has 96 valence electrons. The monoisotopic (exact) mass is 269 g/mol. The van der Waals surface area contributed by atoms with Gasteiger partial charge in [0.2, 0.25) is 0 Å². The number of hydrogen-bond donors (Lipinski definition) is 0. The van der Waals surface area contributed by atoms with Gasteiger partial charge >= 0.3 is 29.6 Å². The molecule has 0 saturated carbocycles. The van der Waals surface area contributed by atoms with Gasteiger partial charge in [-0.1, -0.05) is 23.8 Å². The third-order valence-electron chi connectivity index (χ3n) is 3.92. The van der Waals surface area contributed by atoms with Crippen LogP contribution in [-0.2, 0) is 9.59 Å². The van der Waals surface area contributed by atoms with E-state index in [-0.39, 0.29) is 47.5 Å². The number of hydrogen-bond acceptors (Lipinski definition) is 4. The molecule has 0 fully saturated rings. The number of aliphatic carboxylic acids is 1. The quantitative estimate of drug-likeness (QED) is 0.392. The van der Waals surface area contributed by atoms with Crippen molar-refractivity contribution in [1.82, 2.24) is 0 Å². The number of fused-ring (bicyclic) bond motifs is 1. The zero-order valence-electron chi connectivity index (χ0n) is 11.4. The molecule has 0 saturated heterocycles. The molecular formula is C14H14NaO4-. The number of ketones is 1. The fourth-order valence-electron chi connectivity index (χ4n) is 2.85. The maximum absolute atomic E-state index is 12.3. The van der Waals surface area contributed by atoms with Crippen molar-refractivity contribution >= 4 is 11.8 Å². The van der Waals surface area contributed by atoms with Gasteiger partial charge in [-0.25, -0.2) is 0 Å². The number of rotatable bonds is 2. The standard InChI is InChI=1S/C14H16O4.Na/c1-8-6-11(15)10-5-3-4-9(7-12(16)17)14(10,2)13(8)18;/h3-4,6,9,15H,5,7H2,1-2H3,(H,16,17);/q;+1/p-2/t9-,14+;/m0./s1. The van der Waals surface area contributed by atoms with Crippen molar-refractivity contribution in [2.75, 3.05) is 0 Å². The van der Waals surface area contributed by atoms with Crippen LogP contribution in [-0.4, -0.2) is 11.8 Å². The van der Waals surface area contributed by atoms with E-state index < -0.39 is 17.3 Å². The Labute approximate surface area is 134 Å². The SMILES string of the molecule is CC1=CC([O-])=C2CC=C[C@@H](CC(=O)[O-])[C@@]2(C)C1=O.[Na+]. The molecule has 0 radical (unpaired) electrons. The van der Waals surface area contributed by atoms with E-state index in [4.69, 9.17) is 0 Å². The zero-order chi connectivity index (χ0) is 13.5. The van der Waals surface area contributed by atoms with Gasteiger partial charge < -0.3 is 15.0 Å². The molecule has 0 aromatic carbocycles. The van der Waals surface area contributed by atoms with Crippen molar-refractivity contribution < 1.29 is 49.4 Å². The zero-order valence-corrected chi connectivity index (χ0v) is 13.4. The van der Waals surface area contributed by atoms with Crippen LogP contribution >= 0.6 is 0 Å². The summed E-state index contributed by atoms with van der Waals surface area (Å²) in [6, 6.07) is 0. The van der Waals surface area contributed by atoms with Gasteiger partial charge in [-0.05, 0) is 38.2 Å². The van der Waals surface area contributed by atoms with Gasteiger partial charge in [0.05, 0.1) is 5.41 Å². The molecule has 0 bridgehead atoms. The Hall–Kier alpha value is -0.840. The maximum atomic E-state index is 12.3. The summed E-state index contributed by atoms with van der Waals surface area (Å²) < 4.78 is 0. The molecule has 4 nitrogen and oxygen atoms in total. The van der Waals surface area contributed by atoms with Crippen molar-refractivity contribution in [2.45, 2.75) is 26.7 Å². The second-order valence-electron chi connectivity index (χ2n) is 5.02. The smallest absolute Gasteiger partial charge is 0.872 e. The molecule has 0 unspecified atom stereocenters. The van der Waals surface area contributed by atoms with Crippen LogP contribution in [0.1, 0.15) is 26.7 Å². The molecule has 0 aromatic heterocycles. The van der Waals surface area contributed by atoms with Gasteiger partial charge in [-0.15, -0.1) is 5.76 Å². The van der Waals surface area contributed by atoms with Crippen molar-refractivity contribution in [3.8, 4) is 0 Å². The molecule has 2 aliphatic rings. The average molecular weight is 269 g/mol. The topological polar surface area (TPSA) is 80.3 Å². The number of Topliss-reactive ketones (excluding diaryl/α,β-unsaturated/α-hetero) is 1. The number of carbonyl (C=O) groups excluding carboxylic acids is 2. The van der Waals surface area contributed by atoms with E-state index in [0.29, 0.717) is 17.6 Å². The summed E-state index contributed by atoms with van der Waals surface area (Å²) in [5.41, 5.74) is -0.137. The number of allylic oxidation sites excluding steroid dienone is 5. The van der Waals surface area contributed by atoms with E-state index in [0.717, 1.165) is 0 Å². The Morgan fingerprint density at radius 1 is 1.53 bits per heavy atom. The van der Waals surface area contributed by atoms with Gasteiger partial charge in [-0.2, -0.15) is 0 Å². The summed E-state index contributed by atoms with van der Waals surface area (Å²) in [7, 11) is 0. The molecule has 5 heteroatoms. The molecule has 2 aliphatic carbocycles. The van der Waals surface area contributed by atoms with Crippen molar-refractivity contribution in [3.05, 3.63) is 35.1 Å². The summed E-state index contributed by atoms with van der Waals surface area (Å²) in [4.78, 5) is 23.1. The van der Waals surface area contributed by atoms with Crippen molar-refractivity contribution in [2.24, 2.45) is 11.3 Å². The van der Waals surface area contributed by atoms with E-state index in [1.165, 1.54) is 6.08 Å². The van der Waals surface area contributed by atoms with Gasteiger partial charge in [-0.3, -0.25) is 4.79 Å². The normalized spacial score (nSPS) is 29.5. The first-order valence-electron chi connectivity index (χ1n) is 5.87. The molecule has 0 spiro atoms.